The molecule has 2 atom stereocenters. The molecule has 1 heterocycles. The molecule has 2 rings (SSSR count). The Morgan fingerprint density at radius 3 is 2.62 bits per heavy atom. The lowest BCUT2D eigenvalue weighted by atomic mass is 9.97. The van der Waals surface area contributed by atoms with Gasteiger partial charge in [-0.05, 0) is 83.2 Å². The number of nitrogens with zero attached hydrogens (tertiary/aromatic N) is 1. The molecule has 0 bridgehead atoms. The number of amides is 1. The number of methoxy groups -OCH3 is 1. The average Bonchev–Trinajstić information content (AvgIpc) is 3.02. The van der Waals surface area contributed by atoms with E-state index in [1.165, 1.54) is 16.7 Å². The summed E-state index contributed by atoms with van der Waals surface area (Å²) in [6.07, 6.45) is 0.763. The number of nitrogens with one attached hydrogen (secondary N) is 1. The molecular formula is C21H34N2O3. The zero-order chi connectivity index (χ0) is 19.5. The summed E-state index contributed by atoms with van der Waals surface area (Å²) in [4.78, 5) is 14.3. The summed E-state index contributed by atoms with van der Waals surface area (Å²) in [5, 5.41) is 2.91. The molecular weight excluding hydrogens is 328 g/mol. The van der Waals surface area contributed by atoms with E-state index in [4.69, 9.17) is 9.47 Å². The van der Waals surface area contributed by atoms with Crippen molar-refractivity contribution in [1.29, 1.82) is 0 Å². The van der Waals surface area contributed by atoms with Crippen LogP contribution in [0.2, 0.25) is 0 Å². The van der Waals surface area contributed by atoms with Gasteiger partial charge in [0.2, 0.25) is 0 Å². The van der Waals surface area contributed by atoms with Gasteiger partial charge in [0, 0.05) is 19.1 Å². The van der Waals surface area contributed by atoms with E-state index in [2.05, 4.69) is 43.1 Å². The van der Waals surface area contributed by atoms with E-state index >= 15 is 0 Å². The molecule has 0 aliphatic carbocycles. The zero-order valence-corrected chi connectivity index (χ0v) is 17.3. The highest BCUT2D eigenvalue weighted by Crippen LogP contribution is 2.33. The molecule has 1 aliphatic heterocycles. The number of rotatable bonds is 5. The van der Waals surface area contributed by atoms with E-state index < -0.39 is 5.60 Å². The molecule has 5 nitrogen and oxygen atoms in total. The first-order valence-electron chi connectivity index (χ1n) is 9.47. The van der Waals surface area contributed by atoms with E-state index in [1.54, 1.807) is 7.11 Å². The molecule has 26 heavy (non-hydrogen) atoms. The van der Waals surface area contributed by atoms with Crippen LogP contribution in [0.15, 0.2) is 12.1 Å². The number of carbonyl (C=O) groups is 1. The van der Waals surface area contributed by atoms with Crippen molar-refractivity contribution in [1.82, 2.24) is 10.2 Å². The van der Waals surface area contributed by atoms with Crippen molar-refractivity contribution in [3.63, 3.8) is 0 Å². The maximum absolute atomic E-state index is 11.8. The molecule has 0 unspecified atom stereocenters. The molecule has 0 spiro atoms. The number of hydrogen-bond acceptors (Lipinski definition) is 4. The summed E-state index contributed by atoms with van der Waals surface area (Å²) in [6.45, 7) is 14.9. The zero-order valence-electron chi connectivity index (χ0n) is 17.3. The van der Waals surface area contributed by atoms with Gasteiger partial charge in [0.25, 0.3) is 0 Å². The SMILES string of the molecule is COc1ccc([C@H](C)N2CC[C@H](CNC(=O)OC(C)(C)C)C2)c(C)c1C. The molecule has 1 amide bonds. The number of likely N-dealkylation sites (tertiary alicyclic amines) is 1. The van der Waals surface area contributed by atoms with Gasteiger partial charge in [0.15, 0.2) is 0 Å². The van der Waals surface area contributed by atoms with Crippen LogP contribution in [0.4, 0.5) is 4.79 Å². The van der Waals surface area contributed by atoms with Crippen molar-refractivity contribution in [3.8, 4) is 5.75 Å². The third-order valence-electron chi connectivity index (χ3n) is 5.25. The number of benzene rings is 1. The maximum atomic E-state index is 11.8. The molecule has 0 aromatic heterocycles. The minimum absolute atomic E-state index is 0.328. The minimum Gasteiger partial charge on any atom is -0.496 e. The van der Waals surface area contributed by atoms with Crippen molar-refractivity contribution in [2.75, 3.05) is 26.7 Å². The molecule has 5 heteroatoms. The standard InChI is InChI=1S/C21H34N2O3/c1-14-15(2)19(25-7)9-8-18(14)16(3)23-11-10-17(13-23)12-22-20(24)26-21(4,5)6/h8-9,16-17H,10-13H2,1-7H3,(H,22,24)/t16-,17+/m0/s1. The van der Waals surface area contributed by atoms with Crippen LogP contribution in [-0.4, -0.2) is 43.3 Å². The first-order valence-corrected chi connectivity index (χ1v) is 9.47. The Labute approximate surface area is 158 Å². The van der Waals surface area contributed by atoms with E-state index in [9.17, 15) is 4.79 Å². The monoisotopic (exact) mass is 362 g/mol. The number of ether oxygens (including phenoxy) is 2. The Morgan fingerprint density at radius 1 is 1.31 bits per heavy atom. The van der Waals surface area contributed by atoms with Gasteiger partial charge in [-0.3, -0.25) is 4.90 Å². The van der Waals surface area contributed by atoms with Crippen LogP contribution in [0.3, 0.4) is 0 Å². The second kappa shape index (κ2) is 8.30. The van der Waals surface area contributed by atoms with Crippen molar-refractivity contribution in [3.05, 3.63) is 28.8 Å². The quantitative estimate of drug-likeness (QED) is 0.852. The smallest absolute Gasteiger partial charge is 0.407 e. The Balaban J connectivity index is 1.92. The Morgan fingerprint density at radius 2 is 2.00 bits per heavy atom. The number of alkyl carbamates (subject to hydrolysis) is 1. The van der Waals surface area contributed by atoms with E-state index in [0.717, 1.165) is 25.3 Å². The molecule has 1 saturated heterocycles. The van der Waals surface area contributed by atoms with Gasteiger partial charge >= 0.3 is 6.09 Å². The molecule has 1 fully saturated rings. The molecule has 1 aromatic rings. The predicted octanol–water partition coefficient (Wildman–Crippen LogP) is 4.22. The van der Waals surface area contributed by atoms with Gasteiger partial charge < -0.3 is 14.8 Å². The van der Waals surface area contributed by atoms with Crippen LogP contribution < -0.4 is 10.1 Å². The summed E-state index contributed by atoms with van der Waals surface area (Å²) in [7, 11) is 1.72. The normalized spacial score (nSPS) is 19.3. The maximum Gasteiger partial charge on any atom is 0.407 e. The van der Waals surface area contributed by atoms with Crippen LogP contribution in [0.1, 0.15) is 56.8 Å². The van der Waals surface area contributed by atoms with Crippen molar-refractivity contribution in [2.24, 2.45) is 5.92 Å². The summed E-state index contributed by atoms with van der Waals surface area (Å²) in [6, 6.07) is 4.59. The van der Waals surface area contributed by atoms with Crippen molar-refractivity contribution < 1.29 is 14.3 Å². The summed E-state index contributed by atoms with van der Waals surface area (Å²) in [5.74, 6) is 1.41. The fourth-order valence-electron chi connectivity index (χ4n) is 3.61. The first kappa shape index (κ1) is 20.6. The lowest BCUT2D eigenvalue weighted by Crippen LogP contribution is -2.36. The van der Waals surface area contributed by atoms with Crippen molar-refractivity contribution >= 4 is 6.09 Å². The van der Waals surface area contributed by atoms with Crippen LogP contribution in [0.5, 0.6) is 5.75 Å². The highest BCUT2D eigenvalue weighted by molar-refractivity contribution is 5.67. The Bertz CT molecular complexity index is 637. The van der Waals surface area contributed by atoms with E-state index in [-0.39, 0.29) is 6.09 Å². The van der Waals surface area contributed by atoms with Gasteiger partial charge in [0.05, 0.1) is 7.11 Å². The summed E-state index contributed by atoms with van der Waals surface area (Å²) >= 11 is 0. The minimum atomic E-state index is -0.454. The average molecular weight is 363 g/mol. The molecule has 1 N–H and O–H groups in total. The fourth-order valence-corrected chi connectivity index (χ4v) is 3.61. The van der Waals surface area contributed by atoms with Gasteiger partial charge in [0.1, 0.15) is 11.4 Å². The third-order valence-corrected chi connectivity index (χ3v) is 5.25. The molecule has 146 valence electrons. The molecule has 0 radical (unpaired) electrons. The van der Waals surface area contributed by atoms with Gasteiger partial charge in [-0.15, -0.1) is 0 Å². The van der Waals surface area contributed by atoms with Gasteiger partial charge in [-0.25, -0.2) is 4.79 Å². The second-order valence-corrected chi connectivity index (χ2v) is 8.32. The highest BCUT2D eigenvalue weighted by atomic mass is 16.6. The van der Waals surface area contributed by atoms with Crippen LogP contribution in [0, 0.1) is 19.8 Å². The number of carbonyl (C=O) groups excluding carboxylic acids is 1. The Kier molecular flexibility index (Phi) is 6.56. The largest absolute Gasteiger partial charge is 0.496 e. The van der Waals surface area contributed by atoms with Crippen LogP contribution >= 0.6 is 0 Å². The molecule has 1 aliphatic rings. The summed E-state index contributed by atoms with van der Waals surface area (Å²) in [5.41, 5.74) is 3.40. The van der Waals surface area contributed by atoms with E-state index in [1.807, 2.05) is 20.8 Å². The van der Waals surface area contributed by atoms with E-state index in [0.29, 0.717) is 18.5 Å². The summed E-state index contributed by atoms with van der Waals surface area (Å²) < 4.78 is 10.7. The van der Waals surface area contributed by atoms with Crippen molar-refractivity contribution in [2.45, 2.75) is 59.6 Å². The van der Waals surface area contributed by atoms with Gasteiger partial charge in [-0.2, -0.15) is 0 Å². The third kappa shape index (κ3) is 5.13. The van der Waals surface area contributed by atoms with Gasteiger partial charge in [-0.1, -0.05) is 6.07 Å². The lowest BCUT2D eigenvalue weighted by molar-refractivity contribution is 0.0519. The highest BCUT2D eigenvalue weighted by Gasteiger charge is 2.28. The molecule has 1 aromatic carbocycles. The first-order chi connectivity index (χ1) is 12.1. The fraction of sp³-hybridized carbons (Fsp3) is 0.667. The van der Waals surface area contributed by atoms with Crippen LogP contribution in [-0.2, 0) is 4.74 Å². The Hall–Kier alpha value is -1.75. The number of hydrogen-bond donors (Lipinski definition) is 1. The second-order valence-electron chi connectivity index (χ2n) is 8.32. The molecule has 0 saturated carbocycles. The predicted molar refractivity (Wildman–Crippen MR) is 105 cm³/mol. The van der Waals surface area contributed by atoms with Crippen LogP contribution in [0.25, 0.3) is 0 Å². The topological polar surface area (TPSA) is 50.8 Å². The lowest BCUT2D eigenvalue weighted by Gasteiger charge is -2.27.